The van der Waals surface area contributed by atoms with E-state index < -0.39 is 0 Å². The molecule has 0 bridgehead atoms. The molecule has 0 aromatic heterocycles. The quantitative estimate of drug-likeness (QED) is 0.711. The van der Waals surface area contributed by atoms with Crippen molar-refractivity contribution >= 4 is 12.6 Å². The van der Waals surface area contributed by atoms with E-state index in [-0.39, 0.29) is 18.8 Å². The normalized spacial score (nSPS) is 17.1. The monoisotopic (exact) mass is 220 g/mol. The van der Waals surface area contributed by atoms with E-state index in [9.17, 15) is 0 Å². The summed E-state index contributed by atoms with van der Waals surface area (Å²) >= 11 is 0. The van der Waals surface area contributed by atoms with Crippen molar-refractivity contribution in [3.63, 3.8) is 0 Å². The van der Waals surface area contributed by atoms with Gasteiger partial charge in [-0.25, -0.2) is 0 Å². The summed E-state index contributed by atoms with van der Waals surface area (Å²) in [4.78, 5) is 0. The van der Waals surface area contributed by atoms with Crippen molar-refractivity contribution in [2.75, 3.05) is 7.11 Å². The van der Waals surface area contributed by atoms with Crippen molar-refractivity contribution in [3.05, 3.63) is 24.3 Å². The van der Waals surface area contributed by atoms with E-state index in [0.29, 0.717) is 0 Å². The van der Waals surface area contributed by atoms with Crippen LogP contribution in [0, 0.1) is 5.41 Å². The first-order valence-corrected chi connectivity index (χ1v) is 5.45. The predicted molar refractivity (Wildman–Crippen MR) is 63.8 cm³/mol. The largest absolute Gasteiger partial charge is 0.497 e. The van der Waals surface area contributed by atoms with Gasteiger partial charge in [0.2, 0.25) is 0 Å². The third-order valence-electron chi connectivity index (χ3n) is 2.59. The second-order valence-corrected chi connectivity index (χ2v) is 5.08. The lowest BCUT2D eigenvalue weighted by molar-refractivity contribution is -0.167. The van der Waals surface area contributed by atoms with Crippen LogP contribution in [0.2, 0.25) is 0 Å². The Morgan fingerprint density at radius 1 is 1.12 bits per heavy atom. The Morgan fingerprint density at radius 3 is 2.12 bits per heavy atom. The summed E-state index contributed by atoms with van der Waals surface area (Å²) in [6.45, 7) is 6.30. The molecular formula is C12H17BO3. The van der Waals surface area contributed by atoms with Crippen molar-refractivity contribution < 1.29 is 14.0 Å². The minimum atomic E-state index is -0.227. The fourth-order valence-electron chi connectivity index (χ4n) is 1.56. The van der Waals surface area contributed by atoms with Gasteiger partial charge in [0, 0.05) is 5.41 Å². The fraction of sp³-hybridized carbons (Fsp3) is 0.500. The number of benzene rings is 1. The molecule has 1 aromatic rings. The van der Waals surface area contributed by atoms with Gasteiger partial charge in [0.25, 0.3) is 0 Å². The Kier molecular flexibility index (Phi) is 2.95. The van der Waals surface area contributed by atoms with Crippen LogP contribution < -0.4 is 10.2 Å². The van der Waals surface area contributed by atoms with Gasteiger partial charge in [0.1, 0.15) is 12.0 Å². The SMILES string of the molecule is COc1ccc(B2OC(C(C)(C)C)O2)cc1. The maximum atomic E-state index is 5.70. The van der Waals surface area contributed by atoms with E-state index in [1.54, 1.807) is 7.11 Å². The molecule has 86 valence electrons. The first-order chi connectivity index (χ1) is 7.50. The van der Waals surface area contributed by atoms with Gasteiger partial charge in [0.05, 0.1) is 7.11 Å². The lowest BCUT2D eigenvalue weighted by Crippen LogP contribution is -2.57. The van der Waals surface area contributed by atoms with E-state index >= 15 is 0 Å². The molecular weight excluding hydrogens is 203 g/mol. The molecule has 0 saturated carbocycles. The number of hydrogen-bond donors (Lipinski definition) is 0. The minimum absolute atomic E-state index is 0.0307. The molecule has 0 unspecified atom stereocenters. The molecule has 4 heteroatoms. The molecule has 16 heavy (non-hydrogen) atoms. The van der Waals surface area contributed by atoms with Crippen LogP contribution in [-0.2, 0) is 9.31 Å². The molecule has 1 saturated heterocycles. The zero-order valence-corrected chi connectivity index (χ0v) is 10.2. The van der Waals surface area contributed by atoms with Gasteiger partial charge in [-0.15, -0.1) is 0 Å². The minimum Gasteiger partial charge on any atom is -0.497 e. The van der Waals surface area contributed by atoms with Crippen molar-refractivity contribution in [1.29, 1.82) is 0 Å². The number of hydrogen-bond acceptors (Lipinski definition) is 3. The van der Waals surface area contributed by atoms with E-state index in [0.717, 1.165) is 11.2 Å². The van der Waals surface area contributed by atoms with Crippen LogP contribution in [0.25, 0.3) is 0 Å². The van der Waals surface area contributed by atoms with E-state index in [4.69, 9.17) is 14.0 Å². The molecule has 0 N–H and O–H groups in total. The van der Waals surface area contributed by atoms with E-state index in [1.165, 1.54) is 0 Å². The molecule has 0 radical (unpaired) electrons. The zero-order valence-electron chi connectivity index (χ0n) is 10.2. The number of ether oxygens (including phenoxy) is 1. The highest BCUT2D eigenvalue weighted by Gasteiger charge is 2.44. The average molecular weight is 220 g/mol. The molecule has 0 spiro atoms. The maximum absolute atomic E-state index is 5.70. The summed E-state index contributed by atoms with van der Waals surface area (Å²) in [5.74, 6) is 0.843. The molecule has 3 nitrogen and oxygen atoms in total. The molecule has 1 aliphatic rings. The second-order valence-electron chi connectivity index (χ2n) is 5.08. The third kappa shape index (κ3) is 2.23. The first kappa shape index (κ1) is 11.5. The Hall–Kier alpha value is -0.995. The molecule has 0 atom stereocenters. The molecule has 2 rings (SSSR count). The highest BCUT2D eigenvalue weighted by atomic mass is 16.8. The Morgan fingerprint density at radius 2 is 1.69 bits per heavy atom. The van der Waals surface area contributed by atoms with E-state index in [1.807, 2.05) is 24.3 Å². The number of methoxy groups -OCH3 is 1. The van der Waals surface area contributed by atoms with Crippen LogP contribution in [-0.4, -0.2) is 20.5 Å². The zero-order chi connectivity index (χ0) is 11.8. The highest BCUT2D eigenvalue weighted by molar-refractivity contribution is 6.62. The van der Waals surface area contributed by atoms with Gasteiger partial charge in [-0.1, -0.05) is 32.9 Å². The van der Waals surface area contributed by atoms with Crippen molar-refractivity contribution in [2.24, 2.45) is 5.41 Å². The predicted octanol–water partition coefficient (Wildman–Crippen LogP) is 1.81. The first-order valence-electron chi connectivity index (χ1n) is 5.45. The summed E-state index contributed by atoms with van der Waals surface area (Å²) in [5, 5.41) is 0. The Labute approximate surface area is 96.8 Å². The summed E-state index contributed by atoms with van der Waals surface area (Å²) < 4.78 is 16.5. The topological polar surface area (TPSA) is 27.7 Å². The summed E-state index contributed by atoms with van der Waals surface area (Å²) in [7, 11) is 1.43. The number of rotatable bonds is 2. The standard InChI is InChI=1S/C12H17BO3/c1-12(2,3)11-15-13(16-11)9-5-7-10(14-4)8-6-9/h5-8,11H,1-4H3. The van der Waals surface area contributed by atoms with Crippen LogP contribution in [0.15, 0.2) is 24.3 Å². The fourth-order valence-corrected chi connectivity index (χ4v) is 1.56. The van der Waals surface area contributed by atoms with Gasteiger partial charge in [-0.05, 0) is 17.6 Å². The van der Waals surface area contributed by atoms with Crippen LogP contribution in [0.4, 0.5) is 0 Å². The highest BCUT2D eigenvalue weighted by Crippen LogP contribution is 2.30. The van der Waals surface area contributed by atoms with Crippen molar-refractivity contribution in [3.8, 4) is 5.75 Å². The lowest BCUT2D eigenvalue weighted by atomic mass is 9.74. The summed E-state index contributed by atoms with van der Waals surface area (Å²) in [6, 6.07) is 7.74. The summed E-state index contributed by atoms with van der Waals surface area (Å²) in [6.07, 6.45) is -0.111. The molecule has 1 aliphatic heterocycles. The van der Waals surface area contributed by atoms with E-state index in [2.05, 4.69) is 20.8 Å². The van der Waals surface area contributed by atoms with Gasteiger partial charge in [0.15, 0.2) is 0 Å². The summed E-state index contributed by atoms with van der Waals surface area (Å²) in [5.41, 5.74) is 1.06. The Balaban J connectivity index is 1.96. The van der Waals surface area contributed by atoms with Crippen molar-refractivity contribution in [1.82, 2.24) is 0 Å². The van der Waals surface area contributed by atoms with Crippen LogP contribution in [0.5, 0.6) is 5.75 Å². The lowest BCUT2D eigenvalue weighted by Gasteiger charge is -2.42. The molecule has 1 fully saturated rings. The molecule has 1 heterocycles. The van der Waals surface area contributed by atoms with Gasteiger partial charge in [-0.2, -0.15) is 0 Å². The Bertz CT molecular complexity index is 350. The smallest absolute Gasteiger partial charge is 0.497 e. The van der Waals surface area contributed by atoms with Crippen molar-refractivity contribution in [2.45, 2.75) is 27.1 Å². The van der Waals surface area contributed by atoms with Gasteiger partial charge >= 0.3 is 7.12 Å². The second kappa shape index (κ2) is 4.11. The van der Waals surface area contributed by atoms with Gasteiger partial charge < -0.3 is 14.0 Å². The maximum Gasteiger partial charge on any atom is 0.497 e. The average Bonchev–Trinajstić information content (AvgIpc) is 2.14. The van der Waals surface area contributed by atoms with Gasteiger partial charge in [-0.3, -0.25) is 0 Å². The van der Waals surface area contributed by atoms with Crippen LogP contribution in [0.3, 0.4) is 0 Å². The van der Waals surface area contributed by atoms with Crippen LogP contribution in [0.1, 0.15) is 20.8 Å². The molecule has 0 aliphatic carbocycles. The third-order valence-corrected chi connectivity index (χ3v) is 2.59. The molecule has 1 aromatic carbocycles. The van der Waals surface area contributed by atoms with Crippen LogP contribution >= 0.6 is 0 Å². The molecule has 0 amide bonds.